The van der Waals surface area contributed by atoms with Crippen molar-refractivity contribution in [2.75, 3.05) is 7.11 Å². The molecule has 1 aromatic rings. The average molecular weight is 382 g/mol. The average Bonchev–Trinajstić information content (AvgIpc) is 2.82. The third-order valence-electron chi connectivity index (χ3n) is 3.96. The Bertz CT molecular complexity index is 616. The third kappa shape index (κ3) is 3.73. The van der Waals surface area contributed by atoms with Gasteiger partial charge in [-0.25, -0.2) is 22.0 Å². The summed E-state index contributed by atoms with van der Waals surface area (Å²) in [5.74, 6) is -3.81. The lowest BCUT2D eigenvalue weighted by molar-refractivity contribution is -0.150. The van der Waals surface area contributed by atoms with E-state index in [1.54, 1.807) is 0 Å². The van der Waals surface area contributed by atoms with Crippen molar-refractivity contribution in [3.8, 4) is 0 Å². The maximum atomic E-state index is 14.0. The first kappa shape index (κ1) is 19.9. The second kappa shape index (κ2) is 6.71. The van der Waals surface area contributed by atoms with Crippen molar-refractivity contribution in [2.45, 2.75) is 56.3 Å². The van der Waals surface area contributed by atoms with Gasteiger partial charge in [-0.15, -0.1) is 0 Å². The van der Waals surface area contributed by atoms with Gasteiger partial charge < -0.3 is 9.84 Å². The number of hydrogen-bond acceptors (Lipinski definition) is 3. The fourth-order valence-corrected chi connectivity index (χ4v) is 2.73. The number of aromatic nitrogens is 2. The Balaban J connectivity index is 2.45. The molecule has 12 heteroatoms. The van der Waals surface area contributed by atoms with E-state index in [4.69, 9.17) is 0 Å². The fraction of sp³-hybridized carbons (Fsp3) is 0.769. The molecular weight excluding hydrogens is 368 g/mol. The van der Waals surface area contributed by atoms with Crippen molar-refractivity contribution in [2.24, 2.45) is 0 Å². The highest BCUT2D eigenvalue weighted by Gasteiger charge is 2.51. The van der Waals surface area contributed by atoms with E-state index in [0.29, 0.717) is 4.68 Å². The molecule has 2 unspecified atom stereocenters. The van der Waals surface area contributed by atoms with Crippen LogP contribution in [0, 0.1) is 0 Å². The van der Waals surface area contributed by atoms with Crippen molar-refractivity contribution < 1.29 is 45.0 Å². The molecule has 0 aromatic carbocycles. The van der Waals surface area contributed by atoms with E-state index in [9.17, 15) is 40.2 Å². The first-order valence-electron chi connectivity index (χ1n) is 7.07. The summed E-state index contributed by atoms with van der Waals surface area (Å²) in [4.78, 5) is 0. The van der Waals surface area contributed by atoms with E-state index in [-0.39, 0.29) is 0 Å². The lowest BCUT2D eigenvalue weighted by Gasteiger charge is -2.29. The second-order valence-electron chi connectivity index (χ2n) is 5.60. The molecule has 1 aromatic heterocycles. The predicted octanol–water partition coefficient (Wildman–Crippen LogP) is 3.14. The normalized spacial score (nSPS) is 22.8. The lowest BCUT2D eigenvalue weighted by Crippen LogP contribution is -2.36. The van der Waals surface area contributed by atoms with Gasteiger partial charge >= 0.3 is 6.18 Å². The van der Waals surface area contributed by atoms with Crippen molar-refractivity contribution in [1.29, 1.82) is 0 Å². The number of aliphatic hydroxyl groups is 1. The van der Waals surface area contributed by atoms with Gasteiger partial charge in [0.1, 0.15) is 6.10 Å². The van der Waals surface area contributed by atoms with E-state index in [0.717, 1.165) is 7.11 Å². The number of rotatable bonds is 5. The summed E-state index contributed by atoms with van der Waals surface area (Å²) < 4.78 is 110. The highest BCUT2D eigenvalue weighted by Crippen LogP contribution is 2.46. The predicted molar refractivity (Wildman–Crippen MR) is 67.2 cm³/mol. The Morgan fingerprint density at radius 1 is 1.32 bits per heavy atom. The first-order chi connectivity index (χ1) is 11.4. The second-order valence-corrected chi connectivity index (χ2v) is 5.60. The molecular formula is C13H14F8N2O2. The molecule has 1 heterocycles. The molecule has 25 heavy (non-hydrogen) atoms. The van der Waals surface area contributed by atoms with Gasteiger partial charge in [0.2, 0.25) is 0 Å². The zero-order valence-corrected chi connectivity index (χ0v) is 12.7. The molecule has 0 radical (unpaired) electrons. The number of hydrogen-bond donors (Lipinski definition) is 1. The number of alkyl halides is 8. The molecule has 0 saturated heterocycles. The molecule has 1 aliphatic carbocycles. The topological polar surface area (TPSA) is 47.3 Å². The van der Waals surface area contributed by atoms with Crippen LogP contribution in [0.3, 0.4) is 0 Å². The minimum Gasteiger partial charge on any atom is -0.382 e. The molecule has 1 N–H and O–H groups in total. The minimum absolute atomic E-state index is 0.398. The molecule has 0 amide bonds. The monoisotopic (exact) mass is 382 g/mol. The van der Waals surface area contributed by atoms with Crippen molar-refractivity contribution in [3.63, 3.8) is 0 Å². The van der Waals surface area contributed by atoms with Crippen LogP contribution in [0.25, 0.3) is 0 Å². The highest BCUT2D eigenvalue weighted by atomic mass is 19.4. The van der Waals surface area contributed by atoms with Crippen LogP contribution >= 0.6 is 0 Å². The summed E-state index contributed by atoms with van der Waals surface area (Å²) in [6.45, 7) is -1.06. The smallest absolute Gasteiger partial charge is 0.382 e. The number of methoxy groups -OCH3 is 1. The third-order valence-corrected chi connectivity index (χ3v) is 3.96. The van der Waals surface area contributed by atoms with Gasteiger partial charge in [0.05, 0.1) is 6.54 Å². The van der Waals surface area contributed by atoms with Gasteiger partial charge in [0, 0.05) is 24.8 Å². The van der Waals surface area contributed by atoms with Crippen LogP contribution in [0.1, 0.15) is 29.5 Å². The summed E-state index contributed by atoms with van der Waals surface area (Å²) in [6, 6.07) is 0. The van der Waals surface area contributed by atoms with Crippen LogP contribution in [0.4, 0.5) is 35.1 Å². The molecule has 3 atom stereocenters. The summed E-state index contributed by atoms with van der Waals surface area (Å²) in [5.41, 5.74) is -3.40. The number of fused-ring (bicyclic) bond motifs is 1. The van der Waals surface area contributed by atoms with Crippen molar-refractivity contribution >= 4 is 0 Å². The Kier molecular flexibility index (Phi) is 5.34. The van der Waals surface area contributed by atoms with E-state index >= 15 is 0 Å². The van der Waals surface area contributed by atoms with Gasteiger partial charge in [-0.05, 0) is 6.42 Å². The molecule has 0 fully saturated rings. The first-order valence-corrected chi connectivity index (χ1v) is 7.07. The lowest BCUT2D eigenvalue weighted by atomic mass is 9.89. The number of halogens is 8. The van der Waals surface area contributed by atoms with E-state index in [2.05, 4.69) is 9.84 Å². The van der Waals surface area contributed by atoms with Crippen LogP contribution in [0.15, 0.2) is 0 Å². The Morgan fingerprint density at radius 3 is 2.40 bits per heavy atom. The summed E-state index contributed by atoms with van der Waals surface area (Å²) in [5, 5.41) is 12.6. The molecule has 144 valence electrons. The molecule has 0 saturated carbocycles. The minimum atomic E-state index is -5.18. The molecule has 0 bridgehead atoms. The number of aliphatic hydroxyl groups excluding tert-OH is 1. The quantitative estimate of drug-likeness (QED) is 0.797. The number of ether oxygens (including phenoxy) is 1. The number of nitrogens with zero attached hydrogens (tertiary/aromatic N) is 2. The summed E-state index contributed by atoms with van der Waals surface area (Å²) in [6.07, 6.45) is -17.5. The SMILES string of the molecule is COC(C(F)F)C(F)Cn1nc(C(F)(F)F)c2c1CCC(F)(F)[C@H]2O. The largest absolute Gasteiger partial charge is 0.435 e. The molecule has 0 spiro atoms. The molecule has 2 rings (SSSR count). The Morgan fingerprint density at radius 2 is 1.92 bits per heavy atom. The summed E-state index contributed by atoms with van der Waals surface area (Å²) in [7, 11) is 0.799. The fourth-order valence-electron chi connectivity index (χ4n) is 2.73. The van der Waals surface area contributed by atoms with Crippen LogP contribution in [-0.2, 0) is 23.9 Å². The molecule has 0 aliphatic heterocycles. The van der Waals surface area contributed by atoms with E-state index in [1.165, 1.54) is 0 Å². The van der Waals surface area contributed by atoms with Gasteiger partial charge in [0.15, 0.2) is 18.0 Å². The molecule has 1 aliphatic rings. The highest BCUT2D eigenvalue weighted by molar-refractivity contribution is 5.35. The standard InChI is InChI=1S/C13H14F8N2O2/c1-25-8(11(15)16)5(14)4-23-6-2-3-12(17,18)10(24)7(6)9(22-23)13(19,20)21/h5,8,10-11,24H,2-4H2,1H3/t5?,8?,10-/m0/s1. The zero-order chi connectivity index (χ0) is 19.2. The Hall–Kier alpha value is -1.43. The van der Waals surface area contributed by atoms with Gasteiger partial charge in [-0.3, -0.25) is 4.68 Å². The molecule has 4 nitrogen and oxygen atoms in total. The summed E-state index contributed by atoms with van der Waals surface area (Å²) >= 11 is 0. The maximum Gasteiger partial charge on any atom is 0.435 e. The van der Waals surface area contributed by atoms with E-state index < -0.39 is 73.2 Å². The Labute approximate surface area is 136 Å². The van der Waals surface area contributed by atoms with Crippen LogP contribution in [-0.4, -0.2) is 46.6 Å². The van der Waals surface area contributed by atoms with Crippen LogP contribution in [0.5, 0.6) is 0 Å². The van der Waals surface area contributed by atoms with Crippen LogP contribution in [0.2, 0.25) is 0 Å². The zero-order valence-electron chi connectivity index (χ0n) is 12.7. The van der Waals surface area contributed by atoms with Crippen molar-refractivity contribution in [3.05, 3.63) is 17.0 Å². The van der Waals surface area contributed by atoms with Gasteiger partial charge in [0.25, 0.3) is 12.3 Å². The van der Waals surface area contributed by atoms with Gasteiger partial charge in [-0.1, -0.05) is 0 Å². The van der Waals surface area contributed by atoms with Crippen LogP contribution < -0.4 is 0 Å². The van der Waals surface area contributed by atoms with E-state index in [1.807, 2.05) is 0 Å². The van der Waals surface area contributed by atoms with Crippen molar-refractivity contribution in [1.82, 2.24) is 9.78 Å². The maximum absolute atomic E-state index is 14.0. The van der Waals surface area contributed by atoms with Gasteiger partial charge in [-0.2, -0.15) is 18.3 Å².